The third kappa shape index (κ3) is 2.15. The average Bonchev–Trinajstić information content (AvgIpc) is 2.66. The van der Waals surface area contributed by atoms with Crippen molar-refractivity contribution in [1.29, 1.82) is 5.26 Å². The summed E-state index contributed by atoms with van der Waals surface area (Å²) in [5.41, 5.74) is 2.15. The highest BCUT2D eigenvalue weighted by Crippen LogP contribution is 2.18. The Labute approximate surface area is 101 Å². The number of aromatic nitrogens is 2. The van der Waals surface area contributed by atoms with Gasteiger partial charge in [0.1, 0.15) is 0 Å². The van der Waals surface area contributed by atoms with Gasteiger partial charge in [0.15, 0.2) is 0 Å². The number of nitrogens with zero attached hydrogens (tertiary/aromatic N) is 4. The fourth-order valence-corrected chi connectivity index (χ4v) is 1.88. The number of hydrogen-bond acceptors (Lipinski definition) is 3. The van der Waals surface area contributed by atoms with E-state index in [1.807, 2.05) is 42.7 Å². The van der Waals surface area contributed by atoms with Gasteiger partial charge in [0.05, 0.1) is 23.3 Å². The fourth-order valence-electron chi connectivity index (χ4n) is 1.88. The molecule has 0 bridgehead atoms. The second kappa shape index (κ2) is 4.56. The molecule has 2 aromatic rings. The summed E-state index contributed by atoms with van der Waals surface area (Å²) in [6.07, 6.45) is 0. The van der Waals surface area contributed by atoms with Gasteiger partial charge in [0, 0.05) is 19.0 Å². The Morgan fingerprint density at radius 2 is 2.18 bits per heavy atom. The molecule has 2 rings (SSSR count). The minimum atomic E-state index is -0.101. The summed E-state index contributed by atoms with van der Waals surface area (Å²) in [5.74, 6) is 0. The second-order valence-corrected chi connectivity index (χ2v) is 4.31. The Hall–Kier alpha value is -1.86. The average molecular weight is 228 g/mol. The zero-order valence-corrected chi connectivity index (χ0v) is 10.4. The summed E-state index contributed by atoms with van der Waals surface area (Å²) in [7, 11) is 3.89. The first kappa shape index (κ1) is 11.6. The SMILES string of the molecule is CC(C#N)N(C)Cc1nn(C)c2ccccc12. The first-order valence-electron chi connectivity index (χ1n) is 5.64. The molecule has 0 aliphatic rings. The second-order valence-electron chi connectivity index (χ2n) is 4.31. The Balaban J connectivity index is 2.34. The van der Waals surface area contributed by atoms with Crippen LogP contribution in [0.1, 0.15) is 12.6 Å². The highest BCUT2D eigenvalue weighted by Gasteiger charge is 2.13. The van der Waals surface area contributed by atoms with Crippen LogP contribution in [0.5, 0.6) is 0 Å². The van der Waals surface area contributed by atoms with E-state index in [2.05, 4.69) is 23.3 Å². The van der Waals surface area contributed by atoms with Crippen LogP contribution in [-0.2, 0) is 13.6 Å². The summed E-state index contributed by atoms with van der Waals surface area (Å²) >= 11 is 0. The third-order valence-electron chi connectivity index (χ3n) is 3.08. The number of hydrogen-bond donors (Lipinski definition) is 0. The number of para-hydroxylation sites is 1. The van der Waals surface area contributed by atoms with E-state index in [9.17, 15) is 0 Å². The van der Waals surface area contributed by atoms with E-state index in [4.69, 9.17) is 5.26 Å². The van der Waals surface area contributed by atoms with Gasteiger partial charge in [0.2, 0.25) is 0 Å². The summed E-state index contributed by atoms with van der Waals surface area (Å²) in [5, 5.41) is 14.6. The molecule has 1 aromatic heterocycles. The van der Waals surface area contributed by atoms with Crippen molar-refractivity contribution in [3.63, 3.8) is 0 Å². The van der Waals surface area contributed by atoms with Crippen molar-refractivity contribution in [3.05, 3.63) is 30.0 Å². The quantitative estimate of drug-likeness (QED) is 0.806. The lowest BCUT2D eigenvalue weighted by Gasteiger charge is -2.17. The molecule has 0 amide bonds. The minimum absolute atomic E-state index is 0.101. The number of rotatable bonds is 3. The summed E-state index contributed by atoms with van der Waals surface area (Å²) < 4.78 is 1.88. The van der Waals surface area contributed by atoms with E-state index in [0.29, 0.717) is 6.54 Å². The maximum atomic E-state index is 8.88. The molecule has 1 aromatic carbocycles. The van der Waals surface area contributed by atoms with Crippen molar-refractivity contribution < 1.29 is 0 Å². The molecule has 4 heteroatoms. The van der Waals surface area contributed by atoms with Crippen LogP contribution in [0.2, 0.25) is 0 Å². The van der Waals surface area contributed by atoms with Gasteiger partial charge in [0.25, 0.3) is 0 Å². The third-order valence-corrected chi connectivity index (χ3v) is 3.08. The van der Waals surface area contributed by atoms with Crippen LogP contribution in [0.25, 0.3) is 10.9 Å². The number of fused-ring (bicyclic) bond motifs is 1. The normalized spacial score (nSPS) is 12.9. The zero-order chi connectivity index (χ0) is 12.4. The maximum absolute atomic E-state index is 8.88. The molecule has 0 saturated heterocycles. The van der Waals surface area contributed by atoms with Gasteiger partial charge in [-0.1, -0.05) is 18.2 Å². The largest absolute Gasteiger partial charge is 0.285 e. The minimum Gasteiger partial charge on any atom is -0.285 e. The summed E-state index contributed by atoms with van der Waals surface area (Å²) in [4.78, 5) is 1.99. The summed E-state index contributed by atoms with van der Waals surface area (Å²) in [6.45, 7) is 2.58. The molecule has 0 spiro atoms. The van der Waals surface area contributed by atoms with Crippen LogP contribution in [0.4, 0.5) is 0 Å². The molecule has 0 radical (unpaired) electrons. The van der Waals surface area contributed by atoms with E-state index in [1.165, 1.54) is 0 Å². The fraction of sp³-hybridized carbons (Fsp3) is 0.385. The molecule has 4 nitrogen and oxygen atoms in total. The number of benzene rings is 1. The Bertz CT molecular complexity index is 564. The molecule has 0 fully saturated rings. The van der Waals surface area contributed by atoms with Crippen molar-refractivity contribution in [2.45, 2.75) is 19.5 Å². The van der Waals surface area contributed by atoms with Crippen LogP contribution in [0, 0.1) is 11.3 Å². The molecule has 0 N–H and O–H groups in total. The molecular formula is C13H16N4. The van der Waals surface area contributed by atoms with E-state index >= 15 is 0 Å². The molecule has 1 unspecified atom stereocenters. The lowest BCUT2D eigenvalue weighted by Crippen LogP contribution is -2.27. The van der Waals surface area contributed by atoms with Gasteiger partial charge in [-0.15, -0.1) is 0 Å². The van der Waals surface area contributed by atoms with Crippen molar-refractivity contribution in [3.8, 4) is 6.07 Å². The van der Waals surface area contributed by atoms with Crippen molar-refractivity contribution in [2.24, 2.45) is 7.05 Å². The van der Waals surface area contributed by atoms with E-state index in [1.54, 1.807) is 0 Å². The predicted octanol–water partition coefficient (Wildman–Crippen LogP) is 1.92. The number of nitriles is 1. The molecule has 1 atom stereocenters. The van der Waals surface area contributed by atoms with Crippen LogP contribution < -0.4 is 0 Å². The van der Waals surface area contributed by atoms with Crippen LogP contribution in [0.3, 0.4) is 0 Å². The summed E-state index contributed by atoms with van der Waals surface area (Å²) in [6, 6.07) is 10.3. The van der Waals surface area contributed by atoms with Gasteiger partial charge in [-0.2, -0.15) is 10.4 Å². The van der Waals surface area contributed by atoms with Gasteiger partial charge < -0.3 is 0 Å². The monoisotopic (exact) mass is 228 g/mol. The highest BCUT2D eigenvalue weighted by atomic mass is 15.3. The predicted molar refractivity (Wildman–Crippen MR) is 67.3 cm³/mol. The van der Waals surface area contributed by atoms with Crippen LogP contribution >= 0.6 is 0 Å². The van der Waals surface area contributed by atoms with Gasteiger partial charge in [-0.3, -0.25) is 9.58 Å². The smallest absolute Gasteiger partial charge is 0.0950 e. The maximum Gasteiger partial charge on any atom is 0.0950 e. The zero-order valence-electron chi connectivity index (χ0n) is 10.4. The standard InChI is InChI=1S/C13H16N4/c1-10(8-14)16(2)9-12-11-6-4-5-7-13(11)17(3)15-12/h4-7,10H,9H2,1-3H3. The molecule has 88 valence electrons. The van der Waals surface area contributed by atoms with Gasteiger partial charge in [-0.25, -0.2) is 0 Å². The van der Waals surface area contributed by atoms with Gasteiger partial charge >= 0.3 is 0 Å². The Kier molecular flexibility index (Phi) is 3.12. The Morgan fingerprint density at radius 3 is 2.88 bits per heavy atom. The van der Waals surface area contributed by atoms with Crippen LogP contribution in [-0.4, -0.2) is 27.8 Å². The number of aryl methyl sites for hydroxylation is 1. The van der Waals surface area contributed by atoms with Crippen molar-refractivity contribution in [1.82, 2.24) is 14.7 Å². The van der Waals surface area contributed by atoms with Crippen molar-refractivity contribution in [2.75, 3.05) is 7.05 Å². The molecule has 0 aliphatic heterocycles. The Morgan fingerprint density at radius 1 is 1.47 bits per heavy atom. The molecule has 17 heavy (non-hydrogen) atoms. The first-order valence-corrected chi connectivity index (χ1v) is 5.64. The molecule has 1 heterocycles. The highest BCUT2D eigenvalue weighted by molar-refractivity contribution is 5.81. The molecular weight excluding hydrogens is 212 g/mol. The topological polar surface area (TPSA) is 44.9 Å². The molecule has 0 saturated carbocycles. The van der Waals surface area contributed by atoms with Gasteiger partial charge in [-0.05, 0) is 20.0 Å². The van der Waals surface area contributed by atoms with E-state index < -0.39 is 0 Å². The van der Waals surface area contributed by atoms with E-state index in [0.717, 1.165) is 16.6 Å². The lowest BCUT2D eigenvalue weighted by molar-refractivity contribution is 0.291. The van der Waals surface area contributed by atoms with Crippen molar-refractivity contribution >= 4 is 10.9 Å². The molecule has 0 aliphatic carbocycles. The first-order chi connectivity index (χ1) is 8.13. The van der Waals surface area contributed by atoms with Crippen LogP contribution in [0.15, 0.2) is 24.3 Å². The van der Waals surface area contributed by atoms with E-state index in [-0.39, 0.29) is 6.04 Å². The lowest BCUT2D eigenvalue weighted by atomic mass is 10.2.